The summed E-state index contributed by atoms with van der Waals surface area (Å²) in [5, 5.41) is 1.59. The Morgan fingerprint density at radius 2 is 2.45 bits per heavy atom. The van der Waals surface area contributed by atoms with Crippen LogP contribution in [0.25, 0.3) is 6.08 Å². The van der Waals surface area contributed by atoms with Crippen LogP contribution in [0.3, 0.4) is 0 Å². The van der Waals surface area contributed by atoms with Crippen LogP contribution in [0.2, 0.25) is 0 Å². The van der Waals surface area contributed by atoms with E-state index in [0.29, 0.717) is 6.54 Å². The molecule has 0 saturated carbocycles. The monoisotopic (exact) mass is 148 g/mol. The summed E-state index contributed by atoms with van der Waals surface area (Å²) in [6, 6.07) is 0. The summed E-state index contributed by atoms with van der Waals surface area (Å²) in [6.45, 7) is 0.712. The fraction of sp³-hybridized carbons (Fsp3) is 0.143. The number of anilines is 1. The van der Waals surface area contributed by atoms with Gasteiger partial charge in [0, 0.05) is 11.8 Å². The molecule has 0 amide bonds. The molecule has 2 rings (SSSR count). The maximum atomic E-state index is 5.64. The number of nitrogens with two attached hydrogens (primary N) is 1. The molecule has 4 heteroatoms. The first-order valence-corrected chi connectivity index (χ1v) is 3.37. The fourth-order valence-electron chi connectivity index (χ4n) is 1.07. The van der Waals surface area contributed by atoms with Crippen LogP contribution in [0.4, 0.5) is 5.82 Å². The van der Waals surface area contributed by atoms with Crippen molar-refractivity contribution in [1.82, 2.24) is 9.97 Å². The third-order valence-corrected chi connectivity index (χ3v) is 1.59. The van der Waals surface area contributed by atoms with Crippen LogP contribution < -0.4 is 10.9 Å². The molecule has 56 valence electrons. The molecule has 11 heavy (non-hydrogen) atoms. The summed E-state index contributed by atoms with van der Waals surface area (Å²) in [5.74, 6) is 6.43. The van der Waals surface area contributed by atoms with Gasteiger partial charge in [0.2, 0.25) is 0 Å². The van der Waals surface area contributed by atoms with Crippen LogP contribution in [0.1, 0.15) is 5.56 Å². The Labute approximate surface area is 64.3 Å². The van der Waals surface area contributed by atoms with Crippen molar-refractivity contribution in [2.45, 2.75) is 0 Å². The molecular weight excluding hydrogens is 140 g/mol. The van der Waals surface area contributed by atoms with Crippen molar-refractivity contribution in [2.24, 2.45) is 5.84 Å². The Hall–Kier alpha value is -1.42. The molecule has 0 saturated heterocycles. The Balaban J connectivity index is 2.54. The van der Waals surface area contributed by atoms with Crippen LogP contribution >= 0.6 is 0 Å². The molecule has 2 heterocycles. The van der Waals surface area contributed by atoms with Gasteiger partial charge >= 0.3 is 0 Å². The number of hydrogen-bond acceptors (Lipinski definition) is 4. The lowest BCUT2D eigenvalue weighted by atomic mass is 10.2. The van der Waals surface area contributed by atoms with E-state index in [9.17, 15) is 0 Å². The van der Waals surface area contributed by atoms with E-state index in [1.807, 2.05) is 12.2 Å². The Morgan fingerprint density at radius 1 is 1.55 bits per heavy atom. The minimum atomic E-state index is 0.712. The molecule has 0 radical (unpaired) electrons. The highest BCUT2D eigenvalue weighted by molar-refractivity contribution is 5.65. The van der Waals surface area contributed by atoms with E-state index in [1.54, 1.807) is 11.2 Å². The predicted molar refractivity (Wildman–Crippen MR) is 42.6 cm³/mol. The quantitative estimate of drug-likeness (QED) is 0.533. The Bertz CT molecular complexity index is 294. The molecular formula is C7H8N4. The van der Waals surface area contributed by atoms with Crippen molar-refractivity contribution in [1.29, 1.82) is 0 Å². The van der Waals surface area contributed by atoms with Gasteiger partial charge in [-0.2, -0.15) is 0 Å². The van der Waals surface area contributed by atoms with Gasteiger partial charge in [-0.15, -0.1) is 0 Å². The van der Waals surface area contributed by atoms with Gasteiger partial charge in [0.25, 0.3) is 0 Å². The average Bonchev–Trinajstić information content (AvgIpc) is 2.06. The number of hydrogen-bond donors (Lipinski definition) is 1. The van der Waals surface area contributed by atoms with Crippen LogP contribution in [-0.2, 0) is 0 Å². The molecule has 0 unspecified atom stereocenters. The predicted octanol–water partition coefficient (Wildman–Crippen LogP) is 0.183. The van der Waals surface area contributed by atoms with Crippen molar-refractivity contribution < 1.29 is 0 Å². The minimum absolute atomic E-state index is 0.712. The zero-order valence-corrected chi connectivity index (χ0v) is 5.94. The van der Waals surface area contributed by atoms with E-state index in [2.05, 4.69) is 9.97 Å². The first-order valence-electron chi connectivity index (χ1n) is 3.37. The molecule has 0 aromatic carbocycles. The highest BCUT2D eigenvalue weighted by Crippen LogP contribution is 2.18. The third kappa shape index (κ3) is 0.969. The number of fused-ring (bicyclic) bond motifs is 1. The maximum absolute atomic E-state index is 5.64. The second-order valence-electron chi connectivity index (χ2n) is 2.36. The van der Waals surface area contributed by atoms with Crippen molar-refractivity contribution in [2.75, 3.05) is 11.6 Å². The molecule has 0 spiro atoms. The highest BCUT2D eigenvalue weighted by atomic mass is 15.4. The first kappa shape index (κ1) is 6.30. The average molecular weight is 148 g/mol. The number of aromatic nitrogens is 2. The van der Waals surface area contributed by atoms with E-state index < -0.39 is 0 Å². The van der Waals surface area contributed by atoms with Crippen LogP contribution in [0, 0.1) is 0 Å². The lowest BCUT2D eigenvalue weighted by Crippen LogP contribution is -2.33. The van der Waals surface area contributed by atoms with Gasteiger partial charge in [-0.05, 0) is 0 Å². The molecule has 2 N–H and O–H groups in total. The maximum Gasteiger partial charge on any atom is 0.153 e. The molecule has 0 fully saturated rings. The molecule has 1 aliphatic rings. The molecule has 4 nitrogen and oxygen atoms in total. The molecule has 1 aliphatic heterocycles. The van der Waals surface area contributed by atoms with Gasteiger partial charge in [0.05, 0.1) is 6.54 Å². The lowest BCUT2D eigenvalue weighted by Gasteiger charge is -2.20. The lowest BCUT2D eigenvalue weighted by molar-refractivity contribution is 0.891. The van der Waals surface area contributed by atoms with Crippen molar-refractivity contribution in [3.05, 3.63) is 24.2 Å². The van der Waals surface area contributed by atoms with Crippen molar-refractivity contribution in [3.63, 3.8) is 0 Å². The minimum Gasteiger partial charge on any atom is -0.290 e. The van der Waals surface area contributed by atoms with Gasteiger partial charge in [-0.1, -0.05) is 12.2 Å². The second kappa shape index (κ2) is 2.32. The third-order valence-electron chi connectivity index (χ3n) is 1.59. The molecule has 1 aromatic rings. The van der Waals surface area contributed by atoms with Crippen LogP contribution in [-0.4, -0.2) is 16.5 Å². The van der Waals surface area contributed by atoms with Crippen LogP contribution in [0.5, 0.6) is 0 Å². The summed E-state index contributed by atoms with van der Waals surface area (Å²) in [7, 11) is 0. The molecule has 0 bridgehead atoms. The normalized spacial score (nSPS) is 14.8. The highest BCUT2D eigenvalue weighted by Gasteiger charge is 2.09. The van der Waals surface area contributed by atoms with E-state index >= 15 is 0 Å². The van der Waals surface area contributed by atoms with Gasteiger partial charge in [-0.3, -0.25) is 5.01 Å². The van der Waals surface area contributed by atoms with E-state index in [4.69, 9.17) is 5.84 Å². The van der Waals surface area contributed by atoms with E-state index in [1.165, 1.54) is 6.33 Å². The molecule has 0 atom stereocenters. The topological polar surface area (TPSA) is 55.0 Å². The van der Waals surface area contributed by atoms with Gasteiger partial charge in [-0.25, -0.2) is 15.8 Å². The van der Waals surface area contributed by atoms with Gasteiger partial charge < -0.3 is 0 Å². The zero-order chi connectivity index (χ0) is 7.68. The number of hydrazine groups is 1. The van der Waals surface area contributed by atoms with Crippen molar-refractivity contribution >= 4 is 11.9 Å². The van der Waals surface area contributed by atoms with E-state index in [0.717, 1.165) is 11.4 Å². The van der Waals surface area contributed by atoms with Crippen molar-refractivity contribution in [3.8, 4) is 0 Å². The smallest absolute Gasteiger partial charge is 0.153 e. The summed E-state index contributed by atoms with van der Waals surface area (Å²) in [5.41, 5.74) is 0.973. The standard InChI is InChI=1S/C7H8N4/c8-11-3-1-2-6-4-9-5-10-7(6)11/h1-2,4-5H,3,8H2. The largest absolute Gasteiger partial charge is 0.290 e. The van der Waals surface area contributed by atoms with Gasteiger partial charge in [0.1, 0.15) is 6.33 Å². The van der Waals surface area contributed by atoms with Gasteiger partial charge in [0.15, 0.2) is 5.82 Å². The number of nitrogens with zero attached hydrogens (tertiary/aromatic N) is 3. The van der Waals surface area contributed by atoms with E-state index in [-0.39, 0.29) is 0 Å². The summed E-state index contributed by atoms with van der Waals surface area (Å²) >= 11 is 0. The SMILES string of the molecule is NN1CC=Cc2cncnc21. The first-order chi connectivity index (χ1) is 5.38. The Kier molecular flexibility index (Phi) is 1.33. The molecule has 1 aromatic heterocycles. The second-order valence-corrected chi connectivity index (χ2v) is 2.36. The fourth-order valence-corrected chi connectivity index (χ4v) is 1.07. The zero-order valence-electron chi connectivity index (χ0n) is 5.94. The molecule has 0 aliphatic carbocycles. The number of rotatable bonds is 0. The van der Waals surface area contributed by atoms with Crippen LogP contribution in [0.15, 0.2) is 18.6 Å². The summed E-state index contributed by atoms with van der Waals surface area (Å²) in [4.78, 5) is 7.93. The Morgan fingerprint density at radius 3 is 3.27 bits per heavy atom. The summed E-state index contributed by atoms with van der Waals surface area (Å²) in [6.07, 6.45) is 7.19. The summed E-state index contributed by atoms with van der Waals surface area (Å²) < 4.78 is 0.